The first-order valence-electron chi connectivity index (χ1n) is 16.5. The van der Waals surface area contributed by atoms with Crippen molar-refractivity contribution in [2.24, 2.45) is 0 Å². The molecule has 1 saturated heterocycles. The predicted molar refractivity (Wildman–Crippen MR) is 173 cm³/mol. The van der Waals surface area contributed by atoms with Gasteiger partial charge in [-0.05, 0) is 65.2 Å². The second kappa shape index (κ2) is 13.8. The molecular formula is C35H43F3N4O7. The van der Waals surface area contributed by atoms with Crippen LogP contribution in [-0.4, -0.2) is 83.3 Å². The van der Waals surface area contributed by atoms with Crippen molar-refractivity contribution in [3.05, 3.63) is 59.2 Å². The lowest BCUT2D eigenvalue weighted by Gasteiger charge is -2.42. The fourth-order valence-corrected chi connectivity index (χ4v) is 6.21. The fourth-order valence-electron chi connectivity index (χ4n) is 6.21. The Morgan fingerprint density at radius 3 is 2.41 bits per heavy atom. The lowest BCUT2D eigenvalue weighted by atomic mass is 9.97. The van der Waals surface area contributed by atoms with Crippen LogP contribution in [0.5, 0.6) is 5.75 Å². The van der Waals surface area contributed by atoms with Gasteiger partial charge in [-0.15, -0.1) is 0 Å². The summed E-state index contributed by atoms with van der Waals surface area (Å²) < 4.78 is 60.6. The van der Waals surface area contributed by atoms with Crippen LogP contribution in [0, 0.1) is 0 Å². The molecule has 4 amide bonds. The van der Waals surface area contributed by atoms with Crippen molar-refractivity contribution >= 4 is 29.7 Å². The van der Waals surface area contributed by atoms with Crippen molar-refractivity contribution in [2.75, 3.05) is 31.1 Å². The molecule has 1 N–H and O–H groups in total. The number of benzene rings is 2. The van der Waals surface area contributed by atoms with Crippen molar-refractivity contribution in [1.82, 2.24) is 15.1 Å². The highest BCUT2D eigenvalue weighted by Gasteiger charge is 2.58. The van der Waals surface area contributed by atoms with Crippen LogP contribution in [-0.2, 0) is 27.1 Å². The molecule has 0 radical (unpaired) electrons. The number of alkyl halides is 3. The Bertz CT molecular complexity index is 1570. The quantitative estimate of drug-likeness (QED) is 0.354. The van der Waals surface area contributed by atoms with Gasteiger partial charge in [0, 0.05) is 45.1 Å². The highest BCUT2D eigenvalue weighted by atomic mass is 19.4. The molecule has 1 aliphatic carbocycles. The van der Waals surface area contributed by atoms with Crippen LogP contribution in [0.25, 0.3) is 0 Å². The van der Waals surface area contributed by atoms with E-state index >= 15 is 0 Å². The Morgan fingerprint density at radius 1 is 1.10 bits per heavy atom. The summed E-state index contributed by atoms with van der Waals surface area (Å²) in [7, 11) is 0. The zero-order valence-corrected chi connectivity index (χ0v) is 28.4. The molecule has 2 aliphatic heterocycles. The van der Waals surface area contributed by atoms with E-state index in [4.69, 9.17) is 14.2 Å². The van der Waals surface area contributed by atoms with Gasteiger partial charge in [-0.2, -0.15) is 13.2 Å². The van der Waals surface area contributed by atoms with Crippen LogP contribution >= 0.6 is 0 Å². The van der Waals surface area contributed by atoms with Gasteiger partial charge in [0.25, 0.3) is 11.8 Å². The maximum absolute atomic E-state index is 14.6. The summed E-state index contributed by atoms with van der Waals surface area (Å²) in [5, 5.41) is 2.58. The average molecular weight is 689 g/mol. The predicted octanol–water partition coefficient (Wildman–Crippen LogP) is 6.14. The third-order valence-electron chi connectivity index (χ3n) is 8.62. The van der Waals surface area contributed by atoms with Crippen LogP contribution in [0.2, 0.25) is 0 Å². The van der Waals surface area contributed by atoms with Gasteiger partial charge in [0.1, 0.15) is 18.0 Å². The minimum absolute atomic E-state index is 0.000981. The summed E-state index contributed by atoms with van der Waals surface area (Å²) in [5.74, 6) is -1.51. The minimum Gasteiger partial charge on any atom is -0.475 e. The van der Waals surface area contributed by atoms with Crippen molar-refractivity contribution in [1.29, 1.82) is 0 Å². The number of nitrogens with one attached hydrogen (secondary N) is 1. The van der Waals surface area contributed by atoms with Crippen LogP contribution < -0.4 is 15.0 Å². The normalized spacial score (nSPS) is 18.5. The molecule has 14 heteroatoms. The van der Waals surface area contributed by atoms with E-state index in [2.05, 4.69) is 5.32 Å². The van der Waals surface area contributed by atoms with E-state index in [1.807, 2.05) is 18.2 Å². The van der Waals surface area contributed by atoms with Gasteiger partial charge in [0.2, 0.25) is 0 Å². The zero-order valence-electron chi connectivity index (χ0n) is 28.4. The number of rotatable bonds is 8. The number of carbonyl (C=O) groups excluding carboxylic acids is 4. The number of carbonyl (C=O) groups is 4. The molecule has 1 atom stereocenters. The third kappa shape index (κ3) is 8.22. The van der Waals surface area contributed by atoms with E-state index in [9.17, 15) is 32.3 Å². The van der Waals surface area contributed by atoms with Crippen molar-refractivity contribution in [3.63, 3.8) is 0 Å². The Morgan fingerprint density at radius 2 is 1.80 bits per heavy atom. The van der Waals surface area contributed by atoms with Gasteiger partial charge in [0.05, 0.1) is 22.9 Å². The van der Waals surface area contributed by atoms with Crippen LogP contribution in [0.4, 0.5) is 28.4 Å². The number of likely N-dealkylation sites (tertiary alicyclic amines) is 1. The largest absolute Gasteiger partial charge is 0.475 e. The van der Waals surface area contributed by atoms with Gasteiger partial charge in [-0.3, -0.25) is 9.59 Å². The SMILES string of the molecule is CC(C)N(C(=O)c1cc2c(cc1C(F)(F)F)OC1(CC1)C(=O)N2CCNC(=O)OCc1ccccc1)[C@@H]1CCCN(C(=O)OC(C)(C)C)C1. The Balaban J connectivity index is 1.41. The molecule has 2 fully saturated rings. The van der Waals surface area contributed by atoms with Gasteiger partial charge < -0.3 is 34.2 Å². The van der Waals surface area contributed by atoms with Crippen LogP contribution in [0.1, 0.15) is 81.8 Å². The van der Waals surface area contributed by atoms with E-state index in [-0.39, 0.29) is 37.7 Å². The number of halogens is 3. The smallest absolute Gasteiger partial charge is 0.417 e. The van der Waals surface area contributed by atoms with E-state index < -0.39 is 64.6 Å². The monoisotopic (exact) mass is 688 g/mol. The highest BCUT2D eigenvalue weighted by Crippen LogP contribution is 2.51. The number of piperidine rings is 1. The fraction of sp³-hybridized carbons (Fsp3) is 0.543. The first kappa shape index (κ1) is 35.8. The van der Waals surface area contributed by atoms with Gasteiger partial charge in [-0.1, -0.05) is 30.3 Å². The van der Waals surface area contributed by atoms with Crippen molar-refractivity contribution in [3.8, 4) is 5.75 Å². The molecule has 2 heterocycles. The number of anilines is 1. The zero-order chi connectivity index (χ0) is 35.7. The van der Waals surface area contributed by atoms with E-state index in [0.717, 1.165) is 17.7 Å². The summed E-state index contributed by atoms with van der Waals surface area (Å²) in [6.07, 6.45) is -4.56. The van der Waals surface area contributed by atoms with Gasteiger partial charge in [-0.25, -0.2) is 9.59 Å². The van der Waals surface area contributed by atoms with Crippen molar-refractivity contribution in [2.45, 2.75) is 96.4 Å². The van der Waals surface area contributed by atoms with E-state index in [1.54, 1.807) is 46.8 Å². The number of hydrogen-bond donors (Lipinski definition) is 1. The lowest BCUT2D eigenvalue weighted by Crippen LogP contribution is -2.54. The first-order chi connectivity index (χ1) is 23.0. The summed E-state index contributed by atoms with van der Waals surface area (Å²) in [5.41, 5.74) is -3.07. The number of hydrogen-bond acceptors (Lipinski definition) is 7. The Labute approximate surface area is 283 Å². The maximum Gasteiger partial charge on any atom is 0.417 e. The molecule has 2 aromatic rings. The standard InChI is InChI=1S/C35H43F3N4O7/c1-22(2)42(24-12-9-16-40(20-24)32(46)49-33(3,4)5)29(43)25-18-27-28(19-26(25)35(36,37)38)48-34(13-14-34)30(44)41(27)17-15-39-31(45)47-21-23-10-7-6-8-11-23/h6-8,10-11,18-19,22,24H,9,12-17,20-21H2,1-5H3,(H,39,45)/t24-/m1/s1. The molecule has 0 unspecified atom stereocenters. The lowest BCUT2D eigenvalue weighted by molar-refractivity contribution is -0.138. The molecular weight excluding hydrogens is 645 g/mol. The van der Waals surface area contributed by atoms with Gasteiger partial charge >= 0.3 is 18.4 Å². The summed E-state index contributed by atoms with van der Waals surface area (Å²) in [6.45, 7) is 8.96. The van der Waals surface area contributed by atoms with E-state index in [1.165, 1.54) is 14.7 Å². The van der Waals surface area contributed by atoms with Crippen molar-refractivity contribution < 1.29 is 46.6 Å². The molecule has 0 aromatic heterocycles. The number of amides is 4. The summed E-state index contributed by atoms with van der Waals surface area (Å²) >= 11 is 0. The Hall–Kier alpha value is -4.49. The maximum atomic E-state index is 14.6. The molecule has 3 aliphatic rings. The minimum atomic E-state index is -4.92. The molecule has 5 rings (SSSR count). The number of ether oxygens (including phenoxy) is 3. The molecule has 266 valence electrons. The molecule has 1 saturated carbocycles. The number of alkyl carbamates (subject to hydrolysis) is 1. The summed E-state index contributed by atoms with van der Waals surface area (Å²) in [6, 6.07) is 9.79. The van der Waals surface area contributed by atoms with E-state index in [0.29, 0.717) is 32.2 Å². The molecule has 2 aromatic carbocycles. The third-order valence-corrected chi connectivity index (χ3v) is 8.62. The molecule has 1 spiro atoms. The molecule has 11 nitrogen and oxygen atoms in total. The molecule has 0 bridgehead atoms. The second-order valence-corrected chi connectivity index (χ2v) is 13.9. The first-order valence-corrected chi connectivity index (χ1v) is 16.5. The molecule has 49 heavy (non-hydrogen) atoms. The topological polar surface area (TPSA) is 118 Å². The highest BCUT2D eigenvalue weighted by molar-refractivity contribution is 6.06. The van der Waals surface area contributed by atoms with Gasteiger partial charge in [0.15, 0.2) is 5.60 Å². The van der Waals surface area contributed by atoms with Crippen LogP contribution in [0.15, 0.2) is 42.5 Å². The number of nitrogens with zero attached hydrogens (tertiary/aromatic N) is 3. The number of fused-ring (bicyclic) bond motifs is 1. The van der Waals surface area contributed by atoms with Crippen LogP contribution in [0.3, 0.4) is 0 Å². The second-order valence-electron chi connectivity index (χ2n) is 13.9. The average Bonchev–Trinajstić information content (AvgIpc) is 3.80. The Kier molecular flexibility index (Phi) is 10.1. The summed E-state index contributed by atoms with van der Waals surface area (Å²) in [4.78, 5) is 57.2.